The zero-order valence-electron chi connectivity index (χ0n) is 15.9. The van der Waals surface area contributed by atoms with E-state index in [2.05, 4.69) is 10.6 Å². The van der Waals surface area contributed by atoms with E-state index < -0.39 is 0 Å². The molecule has 0 fully saturated rings. The van der Waals surface area contributed by atoms with Crippen LogP contribution in [0.15, 0.2) is 23.0 Å². The molecule has 0 spiro atoms. The second-order valence-electron chi connectivity index (χ2n) is 6.47. The van der Waals surface area contributed by atoms with Crippen molar-refractivity contribution in [1.29, 1.82) is 0 Å². The van der Waals surface area contributed by atoms with Gasteiger partial charge in [-0.05, 0) is 57.9 Å². The number of carbonyl (C=O) groups is 1. The fourth-order valence-electron chi connectivity index (χ4n) is 2.97. The van der Waals surface area contributed by atoms with Gasteiger partial charge in [0.05, 0.1) is 0 Å². The second kappa shape index (κ2) is 7.55. The van der Waals surface area contributed by atoms with E-state index in [1.165, 1.54) is 0 Å². The molecule has 0 saturated carbocycles. The number of anilines is 1. The van der Waals surface area contributed by atoms with Crippen LogP contribution in [0.1, 0.15) is 45.4 Å². The van der Waals surface area contributed by atoms with Crippen LogP contribution in [-0.4, -0.2) is 17.0 Å². The highest BCUT2D eigenvalue weighted by Crippen LogP contribution is 2.21. The first-order valence-electron chi connectivity index (χ1n) is 8.55. The van der Waals surface area contributed by atoms with Crippen LogP contribution in [0.4, 0.5) is 5.69 Å². The maximum Gasteiger partial charge on any atom is 0.251 e. The first-order chi connectivity index (χ1) is 11.8. The third-order valence-corrected chi connectivity index (χ3v) is 4.70. The van der Waals surface area contributed by atoms with Crippen molar-refractivity contribution in [3.05, 3.63) is 62.1 Å². The minimum Gasteiger partial charge on any atom is -0.385 e. The van der Waals surface area contributed by atoms with Gasteiger partial charge in [0.15, 0.2) is 5.43 Å². The molecule has 5 nitrogen and oxygen atoms in total. The van der Waals surface area contributed by atoms with Gasteiger partial charge in [-0.3, -0.25) is 9.59 Å². The van der Waals surface area contributed by atoms with Gasteiger partial charge in [0, 0.05) is 54.4 Å². The van der Waals surface area contributed by atoms with Gasteiger partial charge in [0.1, 0.15) is 0 Å². The topological polar surface area (TPSA) is 63.1 Å². The highest BCUT2D eigenvalue weighted by atomic mass is 16.1. The van der Waals surface area contributed by atoms with Gasteiger partial charge in [-0.15, -0.1) is 0 Å². The predicted molar refractivity (Wildman–Crippen MR) is 102 cm³/mol. The van der Waals surface area contributed by atoms with Crippen molar-refractivity contribution in [2.45, 2.75) is 41.2 Å². The molecule has 0 radical (unpaired) electrons. The van der Waals surface area contributed by atoms with Crippen molar-refractivity contribution in [2.75, 3.05) is 11.9 Å². The van der Waals surface area contributed by atoms with E-state index in [1.807, 2.05) is 58.4 Å². The van der Waals surface area contributed by atoms with Gasteiger partial charge < -0.3 is 15.2 Å². The van der Waals surface area contributed by atoms with Crippen molar-refractivity contribution in [3.8, 4) is 0 Å². The number of carbonyl (C=O) groups excluding carboxylic acids is 1. The molecule has 0 aliphatic carbocycles. The van der Waals surface area contributed by atoms with Gasteiger partial charge >= 0.3 is 0 Å². The zero-order chi connectivity index (χ0) is 18.7. The lowest BCUT2D eigenvalue weighted by molar-refractivity contribution is 0.0950. The molecule has 0 saturated heterocycles. The van der Waals surface area contributed by atoms with Gasteiger partial charge in [0.25, 0.3) is 5.91 Å². The molecule has 1 heterocycles. The van der Waals surface area contributed by atoms with E-state index in [4.69, 9.17) is 0 Å². The van der Waals surface area contributed by atoms with Crippen molar-refractivity contribution >= 4 is 11.6 Å². The van der Waals surface area contributed by atoms with E-state index in [9.17, 15) is 9.59 Å². The number of hydrogen-bond donors (Lipinski definition) is 2. The van der Waals surface area contributed by atoms with Crippen molar-refractivity contribution in [1.82, 2.24) is 9.88 Å². The van der Waals surface area contributed by atoms with E-state index in [-0.39, 0.29) is 17.9 Å². The van der Waals surface area contributed by atoms with Gasteiger partial charge in [0.2, 0.25) is 0 Å². The maximum atomic E-state index is 12.7. The summed E-state index contributed by atoms with van der Waals surface area (Å²) in [5.41, 5.74) is 5.91. The lowest BCUT2D eigenvalue weighted by Crippen LogP contribution is -2.29. The number of nitrogens with zero attached hydrogens (tertiary/aromatic N) is 1. The summed E-state index contributed by atoms with van der Waals surface area (Å²) in [6, 6.07) is 5.52. The summed E-state index contributed by atoms with van der Waals surface area (Å²) >= 11 is 0. The molecule has 5 heteroatoms. The molecule has 25 heavy (non-hydrogen) atoms. The number of rotatable bonds is 5. The Kier molecular flexibility index (Phi) is 5.67. The number of nitrogens with one attached hydrogen (secondary N) is 2. The van der Waals surface area contributed by atoms with E-state index >= 15 is 0 Å². The Morgan fingerprint density at radius 3 is 2.44 bits per heavy atom. The molecule has 2 aromatic rings. The molecule has 1 aromatic carbocycles. The number of pyridine rings is 1. The molecule has 0 aliphatic rings. The van der Waals surface area contributed by atoms with Crippen LogP contribution in [0.5, 0.6) is 0 Å². The van der Waals surface area contributed by atoms with Crippen molar-refractivity contribution < 1.29 is 4.79 Å². The lowest BCUT2D eigenvalue weighted by atomic mass is 10.0. The summed E-state index contributed by atoms with van der Waals surface area (Å²) < 4.78 is 1.96. The molecular formula is C20H27N3O2. The van der Waals surface area contributed by atoms with Crippen LogP contribution in [0.2, 0.25) is 0 Å². The standard InChI is InChI=1S/C20H27N3O2/c1-7-21-18-9-12(2)8-16(14(18)4)20(25)22-11-17-15(5)23(6)13(3)10-19(17)24/h8-10,21H,7,11H2,1-6H3,(H,22,25). The monoisotopic (exact) mass is 341 g/mol. The van der Waals surface area contributed by atoms with Gasteiger partial charge in [-0.1, -0.05) is 0 Å². The Balaban J connectivity index is 2.28. The minimum atomic E-state index is -0.164. The fourth-order valence-corrected chi connectivity index (χ4v) is 2.97. The smallest absolute Gasteiger partial charge is 0.251 e. The summed E-state index contributed by atoms with van der Waals surface area (Å²) in [5.74, 6) is -0.164. The normalized spacial score (nSPS) is 10.6. The van der Waals surface area contributed by atoms with Crippen molar-refractivity contribution in [2.24, 2.45) is 7.05 Å². The molecule has 2 rings (SSSR count). The maximum absolute atomic E-state index is 12.7. The molecule has 0 atom stereocenters. The highest BCUT2D eigenvalue weighted by molar-refractivity contribution is 5.97. The van der Waals surface area contributed by atoms with Crippen LogP contribution < -0.4 is 16.1 Å². The fraction of sp³-hybridized carbons (Fsp3) is 0.400. The molecule has 0 aliphatic heterocycles. The summed E-state index contributed by atoms with van der Waals surface area (Å²) in [6.07, 6.45) is 0. The molecule has 134 valence electrons. The molecule has 1 aromatic heterocycles. The summed E-state index contributed by atoms with van der Waals surface area (Å²) in [4.78, 5) is 24.9. The Morgan fingerprint density at radius 2 is 1.80 bits per heavy atom. The number of hydrogen-bond acceptors (Lipinski definition) is 3. The van der Waals surface area contributed by atoms with Crippen LogP contribution in [-0.2, 0) is 13.6 Å². The van der Waals surface area contributed by atoms with E-state index in [0.29, 0.717) is 11.1 Å². The molecule has 0 unspecified atom stereocenters. The van der Waals surface area contributed by atoms with E-state index in [0.717, 1.165) is 34.7 Å². The quantitative estimate of drug-likeness (QED) is 0.879. The molecular weight excluding hydrogens is 314 g/mol. The Morgan fingerprint density at radius 1 is 1.12 bits per heavy atom. The molecule has 2 N–H and O–H groups in total. The Hall–Kier alpha value is -2.56. The van der Waals surface area contributed by atoms with Gasteiger partial charge in [-0.25, -0.2) is 0 Å². The number of aryl methyl sites for hydroxylation is 2. The van der Waals surface area contributed by atoms with Gasteiger partial charge in [-0.2, -0.15) is 0 Å². The van der Waals surface area contributed by atoms with Crippen LogP contribution in [0, 0.1) is 27.7 Å². The first-order valence-corrected chi connectivity index (χ1v) is 8.55. The Labute approximate surface area is 149 Å². The number of benzene rings is 1. The van der Waals surface area contributed by atoms with Crippen LogP contribution in [0.3, 0.4) is 0 Å². The SMILES string of the molecule is CCNc1cc(C)cc(C(=O)NCc2c(C)n(C)c(C)cc2=O)c1C. The summed E-state index contributed by atoms with van der Waals surface area (Å²) in [7, 11) is 1.92. The Bertz CT molecular complexity index is 866. The number of amides is 1. The summed E-state index contributed by atoms with van der Waals surface area (Å²) in [5, 5.41) is 6.19. The minimum absolute atomic E-state index is 0.0392. The molecule has 1 amide bonds. The first kappa shape index (κ1) is 18.8. The predicted octanol–water partition coefficient (Wildman–Crippen LogP) is 2.98. The largest absolute Gasteiger partial charge is 0.385 e. The van der Waals surface area contributed by atoms with Crippen LogP contribution >= 0.6 is 0 Å². The average Bonchev–Trinajstić information content (AvgIpc) is 2.55. The zero-order valence-corrected chi connectivity index (χ0v) is 15.9. The van der Waals surface area contributed by atoms with Crippen molar-refractivity contribution in [3.63, 3.8) is 0 Å². The third kappa shape index (κ3) is 3.92. The van der Waals surface area contributed by atoms with Crippen LogP contribution in [0.25, 0.3) is 0 Å². The molecule has 0 bridgehead atoms. The highest BCUT2D eigenvalue weighted by Gasteiger charge is 2.15. The lowest BCUT2D eigenvalue weighted by Gasteiger charge is -2.16. The third-order valence-electron chi connectivity index (χ3n) is 4.70. The number of aromatic nitrogens is 1. The van der Waals surface area contributed by atoms with E-state index in [1.54, 1.807) is 6.07 Å². The second-order valence-corrected chi connectivity index (χ2v) is 6.47. The summed E-state index contributed by atoms with van der Waals surface area (Å²) in [6.45, 7) is 10.7. The average molecular weight is 341 g/mol.